The van der Waals surface area contributed by atoms with E-state index in [0.29, 0.717) is 18.7 Å². The van der Waals surface area contributed by atoms with Crippen LogP contribution in [0.1, 0.15) is 65.2 Å². The number of hydrogen-bond donors (Lipinski definition) is 1. The molecule has 8 nitrogen and oxygen atoms in total. The van der Waals surface area contributed by atoms with E-state index in [1.807, 2.05) is 60.6 Å². The largest absolute Gasteiger partial charge is 0.487 e. The molecule has 1 aromatic carbocycles. The first-order valence-electron chi connectivity index (χ1n) is 9.61. The van der Waals surface area contributed by atoms with E-state index in [1.165, 1.54) is 0 Å². The standard InChI is InChI=1S/C20H30N3O5/c1-18(2,3)21-11-17(28-23(25)26)16-9-12-8-13-14(10-15(12)27-16)20(6,7)22(24)19(13,4)5/h8,10,16-17,21H,9,11H2,1-7H3. The SMILES string of the molecule is CC(C)(C)NCC(O[N+](=O)[O-])C1Cc2cc3c(cc2O1)C(C)(C)N([O])C3(C)C. The van der Waals surface area contributed by atoms with E-state index in [1.54, 1.807) is 0 Å². The number of benzene rings is 1. The van der Waals surface area contributed by atoms with Crippen LogP contribution in [0.2, 0.25) is 0 Å². The van der Waals surface area contributed by atoms with Crippen molar-refractivity contribution in [1.82, 2.24) is 10.4 Å². The Hall–Kier alpha value is -1.90. The molecule has 2 heterocycles. The van der Waals surface area contributed by atoms with Crippen molar-refractivity contribution in [2.24, 2.45) is 0 Å². The van der Waals surface area contributed by atoms with Gasteiger partial charge in [0.25, 0.3) is 5.09 Å². The molecular formula is C20H30N3O5. The monoisotopic (exact) mass is 392 g/mol. The van der Waals surface area contributed by atoms with Gasteiger partial charge in [0.05, 0.1) is 11.1 Å². The second-order valence-corrected chi connectivity index (χ2v) is 9.78. The summed E-state index contributed by atoms with van der Waals surface area (Å²) >= 11 is 0. The zero-order chi connectivity index (χ0) is 21.1. The van der Waals surface area contributed by atoms with Gasteiger partial charge in [0, 0.05) is 18.5 Å². The highest BCUT2D eigenvalue weighted by atomic mass is 17.0. The van der Waals surface area contributed by atoms with Gasteiger partial charge in [-0.1, -0.05) is 0 Å². The maximum absolute atomic E-state index is 12.8. The average Bonchev–Trinajstić information content (AvgIpc) is 3.02. The first kappa shape index (κ1) is 20.8. The Morgan fingerprint density at radius 3 is 2.39 bits per heavy atom. The van der Waals surface area contributed by atoms with Gasteiger partial charge in [-0.05, 0) is 77.3 Å². The first-order valence-corrected chi connectivity index (χ1v) is 9.61. The van der Waals surface area contributed by atoms with Gasteiger partial charge in [0.15, 0.2) is 6.10 Å². The molecule has 0 bridgehead atoms. The molecule has 2 atom stereocenters. The summed E-state index contributed by atoms with van der Waals surface area (Å²) in [6, 6.07) is 3.94. The summed E-state index contributed by atoms with van der Waals surface area (Å²) in [6.07, 6.45) is -0.691. The summed E-state index contributed by atoms with van der Waals surface area (Å²) in [6.45, 7) is 13.9. The summed E-state index contributed by atoms with van der Waals surface area (Å²) in [5.41, 5.74) is 1.37. The fourth-order valence-corrected chi connectivity index (χ4v) is 4.21. The molecule has 0 saturated carbocycles. The molecule has 28 heavy (non-hydrogen) atoms. The van der Waals surface area contributed by atoms with Gasteiger partial charge in [0.2, 0.25) is 0 Å². The zero-order valence-corrected chi connectivity index (χ0v) is 17.7. The lowest BCUT2D eigenvalue weighted by molar-refractivity contribution is -0.769. The molecule has 2 unspecified atom stereocenters. The molecule has 2 aliphatic rings. The number of nitrogens with one attached hydrogen (secondary N) is 1. The lowest BCUT2D eigenvalue weighted by atomic mass is 9.88. The van der Waals surface area contributed by atoms with Crippen LogP contribution in [0.5, 0.6) is 5.75 Å². The average molecular weight is 392 g/mol. The minimum Gasteiger partial charge on any atom is -0.487 e. The van der Waals surface area contributed by atoms with Crippen molar-refractivity contribution >= 4 is 0 Å². The minimum absolute atomic E-state index is 0.198. The van der Waals surface area contributed by atoms with Crippen LogP contribution in [0, 0.1) is 10.1 Å². The highest BCUT2D eigenvalue weighted by Gasteiger charge is 2.51. The second kappa shape index (κ2) is 6.57. The maximum atomic E-state index is 12.8. The molecule has 0 fully saturated rings. The van der Waals surface area contributed by atoms with Gasteiger partial charge in [0.1, 0.15) is 11.9 Å². The predicted molar refractivity (Wildman–Crippen MR) is 103 cm³/mol. The molecule has 1 N–H and O–H groups in total. The first-order chi connectivity index (χ1) is 12.7. The fraction of sp³-hybridized carbons (Fsp3) is 0.700. The van der Waals surface area contributed by atoms with Crippen molar-refractivity contribution in [2.75, 3.05) is 6.54 Å². The summed E-state index contributed by atoms with van der Waals surface area (Å²) in [5, 5.41) is 27.4. The Balaban J connectivity index is 1.87. The van der Waals surface area contributed by atoms with Gasteiger partial charge in [-0.2, -0.15) is 0 Å². The Morgan fingerprint density at radius 1 is 1.29 bits per heavy atom. The molecule has 0 aliphatic carbocycles. The lowest BCUT2D eigenvalue weighted by Gasteiger charge is -2.32. The van der Waals surface area contributed by atoms with Gasteiger partial charge in [-0.15, -0.1) is 20.4 Å². The normalized spacial score (nSPS) is 23.6. The Kier molecular flexibility index (Phi) is 4.89. The van der Waals surface area contributed by atoms with Crippen LogP contribution in [0.3, 0.4) is 0 Å². The molecule has 0 amide bonds. The third kappa shape index (κ3) is 3.56. The molecule has 1 radical (unpaired) electrons. The van der Waals surface area contributed by atoms with Crippen LogP contribution in [-0.2, 0) is 27.5 Å². The number of ether oxygens (including phenoxy) is 1. The number of hydroxylamine groups is 2. The molecule has 1 aromatic rings. The number of fused-ring (bicyclic) bond motifs is 2. The second-order valence-electron chi connectivity index (χ2n) is 9.78. The predicted octanol–water partition coefficient (Wildman–Crippen LogP) is 3.09. The zero-order valence-electron chi connectivity index (χ0n) is 17.7. The quantitative estimate of drug-likeness (QED) is 0.611. The van der Waals surface area contributed by atoms with Crippen molar-refractivity contribution < 1.29 is 19.9 Å². The highest BCUT2D eigenvalue weighted by Crippen LogP contribution is 2.51. The van der Waals surface area contributed by atoms with E-state index in [0.717, 1.165) is 21.8 Å². The van der Waals surface area contributed by atoms with Crippen molar-refractivity contribution in [3.63, 3.8) is 0 Å². The summed E-state index contributed by atoms with van der Waals surface area (Å²) in [5.74, 6) is 0.677. The Morgan fingerprint density at radius 2 is 1.86 bits per heavy atom. The van der Waals surface area contributed by atoms with E-state index in [9.17, 15) is 15.3 Å². The lowest BCUT2D eigenvalue weighted by Crippen LogP contribution is -2.47. The van der Waals surface area contributed by atoms with Gasteiger partial charge < -0.3 is 14.9 Å². The van der Waals surface area contributed by atoms with Crippen LogP contribution in [-0.4, -0.2) is 34.4 Å². The molecule has 0 spiro atoms. The molecule has 0 saturated heterocycles. The summed E-state index contributed by atoms with van der Waals surface area (Å²) in [4.78, 5) is 15.9. The van der Waals surface area contributed by atoms with E-state index in [-0.39, 0.29) is 5.54 Å². The molecule has 155 valence electrons. The fourth-order valence-electron chi connectivity index (χ4n) is 4.21. The van der Waals surface area contributed by atoms with E-state index in [4.69, 9.17) is 9.57 Å². The topological polar surface area (TPSA) is 96.8 Å². The van der Waals surface area contributed by atoms with Crippen LogP contribution < -0.4 is 10.1 Å². The van der Waals surface area contributed by atoms with E-state index in [2.05, 4.69) is 5.32 Å². The highest BCUT2D eigenvalue weighted by molar-refractivity contribution is 5.52. The van der Waals surface area contributed by atoms with Crippen molar-refractivity contribution in [1.29, 1.82) is 0 Å². The smallest absolute Gasteiger partial charge is 0.294 e. The van der Waals surface area contributed by atoms with Gasteiger partial charge in [-0.3, -0.25) is 0 Å². The minimum atomic E-state index is -0.761. The Labute approximate surface area is 165 Å². The van der Waals surface area contributed by atoms with Crippen molar-refractivity contribution in [2.45, 2.75) is 83.7 Å². The van der Waals surface area contributed by atoms with E-state index >= 15 is 0 Å². The number of rotatable bonds is 5. The summed E-state index contributed by atoms with van der Waals surface area (Å²) < 4.78 is 6.07. The molecule has 0 aromatic heterocycles. The van der Waals surface area contributed by atoms with Crippen LogP contribution in [0.4, 0.5) is 0 Å². The van der Waals surface area contributed by atoms with Gasteiger partial charge >= 0.3 is 0 Å². The third-order valence-electron chi connectivity index (χ3n) is 5.70. The van der Waals surface area contributed by atoms with Crippen LogP contribution >= 0.6 is 0 Å². The van der Waals surface area contributed by atoms with Crippen LogP contribution in [0.25, 0.3) is 0 Å². The molecule has 3 rings (SSSR count). The molecular weight excluding hydrogens is 362 g/mol. The molecule has 8 heteroatoms. The molecule has 2 aliphatic heterocycles. The summed E-state index contributed by atoms with van der Waals surface area (Å²) in [7, 11) is 0. The van der Waals surface area contributed by atoms with Crippen molar-refractivity contribution in [3.8, 4) is 5.75 Å². The Bertz CT molecular complexity index is 740. The number of hydrogen-bond acceptors (Lipinski definition) is 6. The maximum Gasteiger partial charge on any atom is 0.294 e. The van der Waals surface area contributed by atoms with Gasteiger partial charge in [-0.25, -0.2) is 0 Å². The number of nitrogens with zero attached hydrogens (tertiary/aromatic N) is 2. The van der Waals surface area contributed by atoms with E-state index < -0.39 is 28.4 Å². The third-order valence-corrected chi connectivity index (χ3v) is 5.70. The van der Waals surface area contributed by atoms with Crippen LogP contribution in [0.15, 0.2) is 12.1 Å². The van der Waals surface area contributed by atoms with Crippen molar-refractivity contribution in [3.05, 3.63) is 38.9 Å².